The minimum Gasteiger partial charge on any atom is -0.465 e. The predicted octanol–water partition coefficient (Wildman–Crippen LogP) is 0.945. The van der Waals surface area contributed by atoms with Crippen LogP contribution in [0.25, 0.3) is 0 Å². The molecule has 122 valence electrons. The first-order chi connectivity index (χ1) is 9.70. The molecule has 0 spiro atoms. The number of hydrogen-bond acceptors (Lipinski definition) is 5. The van der Waals surface area contributed by atoms with Crippen LogP contribution in [0.2, 0.25) is 0 Å². The fraction of sp³-hybridized carbons (Fsp3) is 0.800. The minimum absolute atomic E-state index is 0.0239. The summed E-state index contributed by atoms with van der Waals surface area (Å²) in [6.07, 6.45) is 0. The standard InChI is InChI=1S/C15H28N2O4/c1-7-17(8-2)13(19)11-16(6)10-12(18)15(4,5)14(20)21-9-3/h7-11H2,1-6H3. The number of rotatable bonds is 9. The van der Waals surface area contributed by atoms with E-state index in [0.29, 0.717) is 13.1 Å². The largest absolute Gasteiger partial charge is 0.465 e. The first-order valence-electron chi connectivity index (χ1n) is 7.37. The minimum atomic E-state index is -1.19. The zero-order valence-electron chi connectivity index (χ0n) is 14.1. The van der Waals surface area contributed by atoms with Crippen LogP contribution in [0.4, 0.5) is 0 Å². The van der Waals surface area contributed by atoms with Gasteiger partial charge in [-0.05, 0) is 41.7 Å². The molecule has 0 radical (unpaired) electrons. The smallest absolute Gasteiger partial charge is 0.319 e. The highest BCUT2D eigenvalue weighted by Gasteiger charge is 2.37. The molecule has 0 aliphatic rings. The lowest BCUT2D eigenvalue weighted by Crippen LogP contribution is -2.44. The van der Waals surface area contributed by atoms with Crippen LogP contribution in [0.15, 0.2) is 0 Å². The maximum atomic E-state index is 12.2. The number of nitrogens with zero attached hydrogens (tertiary/aromatic N) is 2. The number of hydrogen-bond donors (Lipinski definition) is 0. The molecule has 0 fully saturated rings. The number of carbonyl (C=O) groups excluding carboxylic acids is 3. The molecule has 0 aromatic carbocycles. The molecule has 0 aliphatic heterocycles. The van der Waals surface area contributed by atoms with Gasteiger partial charge in [-0.2, -0.15) is 0 Å². The van der Waals surface area contributed by atoms with Crippen molar-refractivity contribution in [2.45, 2.75) is 34.6 Å². The van der Waals surface area contributed by atoms with Crippen molar-refractivity contribution in [3.05, 3.63) is 0 Å². The number of amides is 1. The number of ketones is 1. The molecule has 0 unspecified atom stereocenters. The van der Waals surface area contributed by atoms with E-state index in [4.69, 9.17) is 4.74 Å². The molecular formula is C15H28N2O4. The van der Waals surface area contributed by atoms with Gasteiger partial charge in [-0.3, -0.25) is 19.3 Å². The van der Waals surface area contributed by atoms with Gasteiger partial charge in [0.25, 0.3) is 0 Å². The molecular weight excluding hydrogens is 272 g/mol. The Morgan fingerprint density at radius 1 is 1.00 bits per heavy atom. The molecule has 6 heteroatoms. The van der Waals surface area contributed by atoms with E-state index < -0.39 is 11.4 Å². The van der Waals surface area contributed by atoms with Crippen molar-refractivity contribution in [2.75, 3.05) is 39.8 Å². The van der Waals surface area contributed by atoms with Crippen LogP contribution in [-0.4, -0.2) is 67.3 Å². The summed E-state index contributed by atoms with van der Waals surface area (Å²) < 4.78 is 4.91. The summed E-state index contributed by atoms with van der Waals surface area (Å²) in [6.45, 7) is 10.4. The lowest BCUT2D eigenvalue weighted by Gasteiger charge is -2.26. The highest BCUT2D eigenvalue weighted by Crippen LogP contribution is 2.19. The summed E-state index contributed by atoms with van der Waals surface area (Å²) >= 11 is 0. The van der Waals surface area contributed by atoms with E-state index in [1.165, 1.54) is 0 Å². The number of Topliss-reactive ketones (excluding diaryl/α,β-unsaturated/α-hetero) is 1. The number of likely N-dealkylation sites (N-methyl/N-ethyl adjacent to an activating group) is 2. The average Bonchev–Trinajstić information content (AvgIpc) is 2.39. The van der Waals surface area contributed by atoms with Crippen molar-refractivity contribution >= 4 is 17.7 Å². The maximum Gasteiger partial charge on any atom is 0.319 e. The lowest BCUT2D eigenvalue weighted by molar-refractivity contribution is -0.158. The topological polar surface area (TPSA) is 66.9 Å². The molecule has 0 saturated heterocycles. The predicted molar refractivity (Wildman–Crippen MR) is 80.8 cm³/mol. The van der Waals surface area contributed by atoms with E-state index in [1.807, 2.05) is 13.8 Å². The Bertz CT molecular complexity index is 376. The lowest BCUT2D eigenvalue weighted by atomic mass is 9.88. The maximum absolute atomic E-state index is 12.2. The van der Waals surface area contributed by atoms with E-state index in [-0.39, 0.29) is 31.4 Å². The van der Waals surface area contributed by atoms with Crippen LogP contribution in [0, 0.1) is 5.41 Å². The molecule has 0 rings (SSSR count). The molecule has 0 saturated carbocycles. The second-order valence-electron chi connectivity index (χ2n) is 5.51. The third kappa shape index (κ3) is 5.83. The van der Waals surface area contributed by atoms with Crippen LogP contribution in [0.5, 0.6) is 0 Å². The first-order valence-corrected chi connectivity index (χ1v) is 7.37. The zero-order chi connectivity index (χ0) is 16.6. The van der Waals surface area contributed by atoms with E-state index in [1.54, 1.807) is 37.6 Å². The second kappa shape index (κ2) is 8.77. The van der Waals surface area contributed by atoms with Crippen molar-refractivity contribution in [2.24, 2.45) is 5.41 Å². The number of esters is 1. The Balaban J connectivity index is 4.57. The molecule has 0 aliphatic carbocycles. The van der Waals surface area contributed by atoms with Gasteiger partial charge in [-0.1, -0.05) is 0 Å². The van der Waals surface area contributed by atoms with E-state index >= 15 is 0 Å². The van der Waals surface area contributed by atoms with Crippen molar-refractivity contribution in [1.82, 2.24) is 9.80 Å². The van der Waals surface area contributed by atoms with Crippen molar-refractivity contribution in [3.63, 3.8) is 0 Å². The van der Waals surface area contributed by atoms with Gasteiger partial charge in [0.2, 0.25) is 5.91 Å². The van der Waals surface area contributed by atoms with Gasteiger partial charge < -0.3 is 9.64 Å². The van der Waals surface area contributed by atoms with E-state index in [0.717, 1.165) is 0 Å². The first kappa shape index (κ1) is 19.6. The monoisotopic (exact) mass is 300 g/mol. The fourth-order valence-electron chi connectivity index (χ4n) is 1.83. The number of ether oxygens (including phenoxy) is 1. The summed E-state index contributed by atoms with van der Waals surface area (Å²) in [5.74, 6) is -0.807. The van der Waals surface area contributed by atoms with Gasteiger partial charge in [-0.15, -0.1) is 0 Å². The summed E-state index contributed by atoms with van der Waals surface area (Å²) in [7, 11) is 1.69. The fourth-order valence-corrected chi connectivity index (χ4v) is 1.83. The molecule has 0 aromatic rings. The van der Waals surface area contributed by atoms with Crippen LogP contribution >= 0.6 is 0 Å². The van der Waals surface area contributed by atoms with Gasteiger partial charge >= 0.3 is 5.97 Å². The van der Waals surface area contributed by atoms with Crippen LogP contribution in [0.1, 0.15) is 34.6 Å². The van der Waals surface area contributed by atoms with Crippen molar-refractivity contribution in [1.29, 1.82) is 0 Å². The molecule has 0 aromatic heterocycles. The Morgan fingerprint density at radius 2 is 1.52 bits per heavy atom. The molecule has 21 heavy (non-hydrogen) atoms. The van der Waals surface area contributed by atoms with Crippen molar-refractivity contribution in [3.8, 4) is 0 Å². The Morgan fingerprint density at radius 3 is 1.95 bits per heavy atom. The van der Waals surface area contributed by atoms with Gasteiger partial charge in [0.15, 0.2) is 5.78 Å². The van der Waals surface area contributed by atoms with Crippen LogP contribution in [0.3, 0.4) is 0 Å². The average molecular weight is 300 g/mol. The molecule has 6 nitrogen and oxygen atoms in total. The van der Waals surface area contributed by atoms with Gasteiger partial charge in [-0.25, -0.2) is 0 Å². The molecule has 0 atom stereocenters. The zero-order valence-corrected chi connectivity index (χ0v) is 14.1. The Labute approximate surface area is 127 Å². The molecule has 0 N–H and O–H groups in total. The Kier molecular flexibility index (Phi) is 8.17. The van der Waals surface area contributed by atoms with Crippen LogP contribution in [-0.2, 0) is 19.1 Å². The van der Waals surface area contributed by atoms with Gasteiger partial charge in [0.05, 0.1) is 19.7 Å². The molecule has 1 amide bonds. The van der Waals surface area contributed by atoms with E-state index in [9.17, 15) is 14.4 Å². The van der Waals surface area contributed by atoms with Crippen LogP contribution < -0.4 is 0 Å². The van der Waals surface area contributed by atoms with E-state index in [2.05, 4.69) is 0 Å². The summed E-state index contributed by atoms with van der Waals surface area (Å²) in [5.41, 5.74) is -1.19. The third-order valence-electron chi connectivity index (χ3n) is 3.42. The SMILES string of the molecule is CCOC(=O)C(C)(C)C(=O)CN(C)CC(=O)N(CC)CC. The Hall–Kier alpha value is -1.43. The number of carbonyl (C=O) groups is 3. The molecule has 0 bridgehead atoms. The molecule has 0 heterocycles. The summed E-state index contributed by atoms with van der Waals surface area (Å²) in [6, 6.07) is 0. The highest BCUT2D eigenvalue weighted by molar-refractivity contribution is 6.04. The highest BCUT2D eigenvalue weighted by atomic mass is 16.5. The van der Waals surface area contributed by atoms with Gasteiger partial charge in [0.1, 0.15) is 5.41 Å². The summed E-state index contributed by atoms with van der Waals surface area (Å²) in [5, 5.41) is 0. The van der Waals surface area contributed by atoms with Gasteiger partial charge in [0, 0.05) is 13.1 Å². The summed E-state index contributed by atoms with van der Waals surface area (Å²) in [4.78, 5) is 39.3. The van der Waals surface area contributed by atoms with Crippen molar-refractivity contribution < 1.29 is 19.1 Å². The third-order valence-corrected chi connectivity index (χ3v) is 3.42. The normalized spacial score (nSPS) is 11.4. The second-order valence-corrected chi connectivity index (χ2v) is 5.51. The quantitative estimate of drug-likeness (QED) is 0.468.